The molecule has 1 amide bonds. The van der Waals surface area contributed by atoms with Gasteiger partial charge in [-0.1, -0.05) is 29.8 Å². The van der Waals surface area contributed by atoms with Crippen LogP contribution in [-0.2, 0) is 4.79 Å². The van der Waals surface area contributed by atoms with Crippen molar-refractivity contribution in [2.45, 2.75) is 6.92 Å². The zero-order valence-electron chi connectivity index (χ0n) is 15.8. The summed E-state index contributed by atoms with van der Waals surface area (Å²) in [5, 5.41) is 12.1. The van der Waals surface area contributed by atoms with Gasteiger partial charge in [0.1, 0.15) is 11.6 Å². The number of aryl methyl sites for hydroxylation is 1. The van der Waals surface area contributed by atoms with Crippen molar-refractivity contribution in [3.63, 3.8) is 0 Å². The molecule has 0 radical (unpaired) electrons. The Morgan fingerprint density at radius 3 is 2.26 bits per heavy atom. The van der Waals surface area contributed by atoms with Crippen molar-refractivity contribution in [1.82, 2.24) is 4.90 Å². The van der Waals surface area contributed by atoms with Crippen LogP contribution in [0.3, 0.4) is 0 Å². The molecule has 0 aliphatic carbocycles. The number of nitrogens with one attached hydrogen (secondary N) is 1. The highest BCUT2D eigenvalue weighted by molar-refractivity contribution is 6.09. The van der Waals surface area contributed by atoms with Gasteiger partial charge in [-0.3, -0.25) is 4.79 Å². The molecule has 3 rings (SSSR count). The number of piperazine rings is 1. The average Bonchev–Trinajstić information content (AvgIpc) is 2.69. The van der Waals surface area contributed by atoms with Crippen molar-refractivity contribution in [3.8, 4) is 6.07 Å². The van der Waals surface area contributed by atoms with Crippen LogP contribution in [0.25, 0.3) is 6.08 Å². The van der Waals surface area contributed by atoms with Crippen LogP contribution in [0.1, 0.15) is 11.1 Å². The van der Waals surface area contributed by atoms with Crippen molar-refractivity contribution >= 4 is 23.4 Å². The van der Waals surface area contributed by atoms with E-state index in [0.717, 1.165) is 37.3 Å². The second kappa shape index (κ2) is 8.52. The molecule has 138 valence electrons. The number of carbonyl (C=O) groups is 1. The van der Waals surface area contributed by atoms with E-state index in [9.17, 15) is 10.1 Å². The molecule has 0 spiro atoms. The Morgan fingerprint density at radius 2 is 1.67 bits per heavy atom. The maximum atomic E-state index is 12.4. The zero-order valence-corrected chi connectivity index (χ0v) is 15.8. The normalized spacial score (nSPS) is 15.3. The van der Waals surface area contributed by atoms with Crippen LogP contribution in [0.2, 0.25) is 0 Å². The van der Waals surface area contributed by atoms with Gasteiger partial charge >= 0.3 is 0 Å². The molecule has 0 atom stereocenters. The summed E-state index contributed by atoms with van der Waals surface area (Å²) in [6.45, 7) is 6.11. The number of carbonyl (C=O) groups excluding carboxylic acids is 1. The SMILES string of the molecule is Cc1ccc(NC(=O)/C(C#N)=C/c2ccc(N3CCN(C)CC3)cc2)cc1. The van der Waals surface area contributed by atoms with Gasteiger partial charge in [0.2, 0.25) is 0 Å². The van der Waals surface area contributed by atoms with E-state index in [4.69, 9.17) is 0 Å². The highest BCUT2D eigenvalue weighted by atomic mass is 16.1. The summed E-state index contributed by atoms with van der Waals surface area (Å²) in [5.41, 5.74) is 3.89. The summed E-state index contributed by atoms with van der Waals surface area (Å²) in [7, 11) is 2.14. The Morgan fingerprint density at radius 1 is 1.04 bits per heavy atom. The predicted octanol–water partition coefficient (Wildman–Crippen LogP) is 3.29. The molecule has 0 bridgehead atoms. The number of amides is 1. The monoisotopic (exact) mass is 360 g/mol. The van der Waals surface area contributed by atoms with E-state index in [2.05, 4.69) is 22.2 Å². The minimum absolute atomic E-state index is 0.0860. The first-order valence-electron chi connectivity index (χ1n) is 9.08. The molecule has 5 nitrogen and oxygen atoms in total. The Balaban J connectivity index is 1.68. The first kappa shape index (κ1) is 18.7. The van der Waals surface area contributed by atoms with Crippen molar-refractivity contribution in [1.29, 1.82) is 5.26 Å². The molecule has 1 fully saturated rings. The summed E-state index contributed by atoms with van der Waals surface area (Å²) in [4.78, 5) is 17.0. The Kier molecular flexibility index (Phi) is 5.90. The summed E-state index contributed by atoms with van der Waals surface area (Å²) < 4.78 is 0. The Labute approximate surface area is 160 Å². The van der Waals surface area contributed by atoms with Crippen LogP contribution in [0.15, 0.2) is 54.1 Å². The number of likely N-dealkylation sites (N-methyl/N-ethyl adjacent to an activating group) is 1. The second-order valence-corrected chi connectivity index (χ2v) is 6.87. The molecule has 1 aliphatic heterocycles. The third-order valence-electron chi connectivity index (χ3n) is 4.75. The number of hydrogen-bond donors (Lipinski definition) is 1. The lowest BCUT2D eigenvalue weighted by Gasteiger charge is -2.34. The number of rotatable bonds is 4. The lowest BCUT2D eigenvalue weighted by Crippen LogP contribution is -2.44. The fourth-order valence-electron chi connectivity index (χ4n) is 3.00. The smallest absolute Gasteiger partial charge is 0.266 e. The fraction of sp³-hybridized carbons (Fsp3) is 0.273. The Hall–Kier alpha value is -3.10. The van der Waals surface area contributed by atoms with Crippen LogP contribution >= 0.6 is 0 Å². The number of hydrogen-bond acceptors (Lipinski definition) is 4. The van der Waals surface area contributed by atoms with Gasteiger partial charge in [0, 0.05) is 37.6 Å². The molecular formula is C22H24N4O. The fourth-order valence-corrected chi connectivity index (χ4v) is 3.00. The van der Waals surface area contributed by atoms with Crippen molar-refractivity contribution < 1.29 is 4.79 Å². The second-order valence-electron chi connectivity index (χ2n) is 6.87. The topological polar surface area (TPSA) is 59.4 Å². The number of nitriles is 1. The largest absolute Gasteiger partial charge is 0.369 e. The van der Waals surface area contributed by atoms with E-state index >= 15 is 0 Å². The Bertz CT molecular complexity index is 855. The molecule has 1 heterocycles. The highest BCUT2D eigenvalue weighted by Gasteiger charge is 2.14. The maximum Gasteiger partial charge on any atom is 0.266 e. The zero-order chi connectivity index (χ0) is 19.2. The van der Waals surface area contributed by atoms with Gasteiger partial charge in [-0.15, -0.1) is 0 Å². The minimum atomic E-state index is -0.399. The molecule has 2 aromatic carbocycles. The summed E-state index contributed by atoms with van der Waals surface area (Å²) in [6.07, 6.45) is 1.62. The molecule has 0 saturated carbocycles. The number of anilines is 2. The van der Waals surface area contributed by atoms with Gasteiger partial charge in [-0.05, 0) is 49.9 Å². The van der Waals surface area contributed by atoms with Crippen molar-refractivity contribution in [2.75, 3.05) is 43.4 Å². The summed E-state index contributed by atoms with van der Waals surface area (Å²) in [6, 6.07) is 17.5. The highest BCUT2D eigenvalue weighted by Crippen LogP contribution is 2.19. The minimum Gasteiger partial charge on any atom is -0.369 e. The molecule has 0 aromatic heterocycles. The predicted molar refractivity (Wildman–Crippen MR) is 110 cm³/mol. The standard InChI is InChI=1S/C22H24N4O/c1-17-3-7-20(8-4-17)24-22(27)19(16-23)15-18-5-9-21(10-6-18)26-13-11-25(2)12-14-26/h3-10,15H,11-14H2,1-2H3,(H,24,27)/b19-15+. The first-order valence-corrected chi connectivity index (χ1v) is 9.08. The molecule has 27 heavy (non-hydrogen) atoms. The summed E-state index contributed by atoms with van der Waals surface area (Å²) in [5.74, 6) is -0.399. The molecule has 0 unspecified atom stereocenters. The van der Waals surface area contributed by atoms with Gasteiger partial charge in [0.25, 0.3) is 5.91 Å². The van der Waals surface area contributed by atoms with Gasteiger partial charge in [-0.25, -0.2) is 0 Å². The van der Waals surface area contributed by atoms with E-state index in [1.807, 2.05) is 61.5 Å². The third-order valence-corrected chi connectivity index (χ3v) is 4.75. The summed E-state index contributed by atoms with van der Waals surface area (Å²) >= 11 is 0. The van der Waals surface area contributed by atoms with E-state index in [-0.39, 0.29) is 5.57 Å². The molecule has 1 saturated heterocycles. The number of benzene rings is 2. The van der Waals surface area contributed by atoms with Crippen LogP contribution in [0.5, 0.6) is 0 Å². The van der Waals surface area contributed by atoms with E-state index in [1.165, 1.54) is 5.69 Å². The van der Waals surface area contributed by atoms with Crippen LogP contribution in [0.4, 0.5) is 11.4 Å². The van der Waals surface area contributed by atoms with Gasteiger partial charge in [0.05, 0.1) is 0 Å². The quantitative estimate of drug-likeness (QED) is 0.671. The van der Waals surface area contributed by atoms with Gasteiger partial charge < -0.3 is 15.1 Å². The average molecular weight is 360 g/mol. The first-order chi connectivity index (χ1) is 13.0. The number of nitrogens with zero attached hydrogens (tertiary/aromatic N) is 3. The molecule has 2 aromatic rings. The molecule has 1 N–H and O–H groups in total. The molecular weight excluding hydrogens is 336 g/mol. The van der Waals surface area contributed by atoms with Crippen molar-refractivity contribution in [2.24, 2.45) is 0 Å². The molecule has 1 aliphatic rings. The van der Waals surface area contributed by atoms with E-state index in [0.29, 0.717) is 5.69 Å². The third kappa shape index (κ3) is 4.96. The van der Waals surface area contributed by atoms with Crippen molar-refractivity contribution in [3.05, 3.63) is 65.2 Å². The van der Waals surface area contributed by atoms with Gasteiger partial charge in [0.15, 0.2) is 0 Å². The maximum absolute atomic E-state index is 12.4. The van der Waals surface area contributed by atoms with E-state index < -0.39 is 5.91 Å². The van der Waals surface area contributed by atoms with Crippen LogP contribution in [-0.4, -0.2) is 44.0 Å². The lowest BCUT2D eigenvalue weighted by atomic mass is 10.1. The van der Waals surface area contributed by atoms with E-state index in [1.54, 1.807) is 6.08 Å². The lowest BCUT2D eigenvalue weighted by molar-refractivity contribution is -0.112. The van der Waals surface area contributed by atoms with Gasteiger partial charge in [-0.2, -0.15) is 5.26 Å². The van der Waals surface area contributed by atoms with Crippen LogP contribution in [0, 0.1) is 18.3 Å². The molecule has 5 heteroatoms. The van der Waals surface area contributed by atoms with Crippen LogP contribution < -0.4 is 10.2 Å².